The fourth-order valence-electron chi connectivity index (χ4n) is 3.25. The smallest absolute Gasteiger partial charge is 0.395 e. The van der Waals surface area contributed by atoms with E-state index in [9.17, 15) is 14.9 Å². The van der Waals surface area contributed by atoms with Crippen LogP contribution in [0.1, 0.15) is 17.0 Å². The van der Waals surface area contributed by atoms with E-state index in [-0.39, 0.29) is 5.76 Å². The molecule has 30 heavy (non-hydrogen) atoms. The minimum Gasteiger partial charge on any atom is -0.395 e. The normalized spacial score (nSPS) is 14.8. The molecule has 0 radical (unpaired) electrons. The van der Waals surface area contributed by atoms with Gasteiger partial charge in [0.15, 0.2) is 10.9 Å². The van der Waals surface area contributed by atoms with Gasteiger partial charge < -0.3 is 9.15 Å². The van der Waals surface area contributed by atoms with Crippen molar-refractivity contribution in [1.29, 1.82) is 0 Å². The maximum absolute atomic E-state index is 13.1. The van der Waals surface area contributed by atoms with Crippen LogP contribution in [-0.4, -0.2) is 60.1 Å². The number of carbonyl (C=O) groups is 1. The molecule has 2 aromatic heterocycles. The summed E-state index contributed by atoms with van der Waals surface area (Å²) < 4.78 is 11.4. The zero-order chi connectivity index (χ0) is 21.1. The molecule has 1 aliphatic rings. The highest BCUT2D eigenvalue weighted by Crippen LogP contribution is 2.34. The van der Waals surface area contributed by atoms with E-state index in [0.717, 1.165) is 24.3 Å². The van der Waals surface area contributed by atoms with Gasteiger partial charge in [0.25, 0.3) is 5.91 Å². The number of nitrogens with zero attached hydrogens (tertiary/aromatic N) is 4. The molecule has 9 nitrogen and oxygen atoms in total. The number of ether oxygens (including phenoxy) is 1. The zero-order valence-electron chi connectivity index (χ0n) is 16.0. The number of anilines is 1. The quantitative estimate of drug-likeness (QED) is 0.398. The zero-order valence-corrected chi connectivity index (χ0v) is 17.5. The first-order valence-corrected chi connectivity index (χ1v) is 10.6. The second-order valence-electron chi connectivity index (χ2n) is 6.74. The lowest BCUT2D eigenvalue weighted by Crippen LogP contribution is -2.39. The van der Waals surface area contributed by atoms with Crippen LogP contribution in [0.25, 0.3) is 10.2 Å². The summed E-state index contributed by atoms with van der Waals surface area (Å²) >= 11 is 7.59. The number of hydrogen-bond donors (Lipinski definition) is 0. The van der Waals surface area contributed by atoms with Crippen molar-refractivity contribution in [2.45, 2.75) is 6.42 Å². The SMILES string of the molecule is O=C(c1ccc([N+](=O)[O-])o1)N(CCCN1CCOCC1)c1nc2c(Cl)cccc2s1. The summed E-state index contributed by atoms with van der Waals surface area (Å²) in [5.41, 5.74) is 0.621. The Labute approximate surface area is 180 Å². The lowest BCUT2D eigenvalue weighted by atomic mass is 10.3. The van der Waals surface area contributed by atoms with E-state index in [2.05, 4.69) is 9.88 Å². The Balaban J connectivity index is 1.58. The van der Waals surface area contributed by atoms with E-state index < -0.39 is 16.7 Å². The summed E-state index contributed by atoms with van der Waals surface area (Å²) in [6.07, 6.45) is 0.707. The molecule has 0 spiro atoms. The van der Waals surface area contributed by atoms with Gasteiger partial charge in [0.1, 0.15) is 10.4 Å². The number of benzene rings is 1. The van der Waals surface area contributed by atoms with E-state index in [1.54, 1.807) is 6.07 Å². The maximum Gasteiger partial charge on any atom is 0.433 e. The number of thiazole rings is 1. The molecule has 3 heterocycles. The number of para-hydroxylation sites is 1. The van der Waals surface area contributed by atoms with Crippen molar-refractivity contribution in [3.8, 4) is 0 Å². The average molecular weight is 451 g/mol. The van der Waals surface area contributed by atoms with Crippen LogP contribution in [0.3, 0.4) is 0 Å². The van der Waals surface area contributed by atoms with Gasteiger partial charge in [-0.25, -0.2) is 4.98 Å². The Morgan fingerprint density at radius 3 is 2.80 bits per heavy atom. The number of halogens is 1. The highest BCUT2D eigenvalue weighted by molar-refractivity contribution is 7.22. The molecular weight excluding hydrogens is 432 g/mol. The molecule has 3 aromatic rings. The summed E-state index contributed by atoms with van der Waals surface area (Å²) in [7, 11) is 0. The standard InChI is InChI=1S/C19H19ClN4O5S/c20-13-3-1-4-15-17(13)21-19(30-15)23(8-2-7-22-9-11-28-12-10-22)18(25)14-5-6-16(29-14)24(26)27/h1,3-6H,2,7-12H2. The molecule has 0 atom stereocenters. The minimum absolute atomic E-state index is 0.0987. The van der Waals surface area contributed by atoms with Crippen LogP contribution in [0.4, 0.5) is 11.0 Å². The average Bonchev–Trinajstić information content (AvgIpc) is 3.40. The van der Waals surface area contributed by atoms with Crippen LogP contribution in [0.15, 0.2) is 34.7 Å². The Bertz CT molecular complexity index is 1060. The second kappa shape index (κ2) is 9.09. The Kier molecular flexibility index (Phi) is 6.28. The first-order chi connectivity index (χ1) is 14.5. The van der Waals surface area contributed by atoms with Crippen molar-refractivity contribution in [1.82, 2.24) is 9.88 Å². The summed E-state index contributed by atoms with van der Waals surface area (Å²) in [5.74, 6) is -1.04. The van der Waals surface area contributed by atoms with E-state index in [4.69, 9.17) is 20.8 Å². The molecule has 4 rings (SSSR count). The molecule has 1 aliphatic heterocycles. The van der Waals surface area contributed by atoms with Crippen LogP contribution < -0.4 is 4.90 Å². The fourth-order valence-corrected chi connectivity index (χ4v) is 4.54. The van der Waals surface area contributed by atoms with Gasteiger partial charge in [0.05, 0.1) is 29.0 Å². The van der Waals surface area contributed by atoms with Gasteiger partial charge in [-0.3, -0.25) is 24.7 Å². The molecule has 1 fully saturated rings. The maximum atomic E-state index is 13.1. The highest BCUT2D eigenvalue weighted by Gasteiger charge is 2.26. The molecule has 0 saturated carbocycles. The second-order valence-corrected chi connectivity index (χ2v) is 8.16. The Morgan fingerprint density at radius 1 is 1.30 bits per heavy atom. The Hall–Kier alpha value is -2.53. The molecule has 11 heteroatoms. The molecule has 1 saturated heterocycles. The van der Waals surface area contributed by atoms with Gasteiger partial charge in [-0.2, -0.15) is 0 Å². The van der Waals surface area contributed by atoms with Crippen LogP contribution in [0.5, 0.6) is 0 Å². The van der Waals surface area contributed by atoms with E-state index in [0.29, 0.717) is 41.9 Å². The Morgan fingerprint density at radius 2 is 2.10 bits per heavy atom. The van der Waals surface area contributed by atoms with E-state index in [1.165, 1.54) is 28.4 Å². The number of aromatic nitrogens is 1. The molecule has 1 aromatic carbocycles. The molecule has 158 valence electrons. The topological polar surface area (TPSA) is 102 Å². The third kappa shape index (κ3) is 4.46. The van der Waals surface area contributed by atoms with Gasteiger partial charge in [0.2, 0.25) is 0 Å². The number of hydrogen-bond acceptors (Lipinski definition) is 8. The predicted octanol–water partition coefficient (Wildman–Crippen LogP) is 3.82. The monoisotopic (exact) mass is 450 g/mol. The van der Waals surface area contributed by atoms with E-state index >= 15 is 0 Å². The first kappa shape index (κ1) is 20.7. The molecule has 1 amide bonds. The molecule has 0 unspecified atom stereocenters. The lowest BCUT2D eigenvalue weighted by Gasteiger charge is -2.27. The third-order valence-corrected chi connectivity index (χ3v) is 6.13. The summed E-state index contributed by atoms with van der Waals surface area (Å²) in [6.45, 7) is 4.31. The molecular formula is C19H19ClN4O5S. The van der Waals surface area contributed by atoms with Crippen molar-refractivity contribution in [2.75, 3.05) is 44.3 Å². The minimum atomic E-state index is -0.670. The molecule has 0 bridgehead atoms. The van der Waals surface area contributed by atoms with Crippen molar-refractivity contribution < 1.29 is 18.9 Å². The third-order valence-electron chi connectivity index (χ3n) is 4.78. The number of furan rings is 1. The predicted molar refractivity (Wildman–Crippen MR) is 114 cm³/mol. The van der Waals surface area contributed by atoms with Crippen molar-refractivity contribution in [3.05, 3.63) is 51.2 Å². The van der Waals surface area contributed by atoms with Gasteiger partial charge >= 0.3 is 5.88 Å². The number of rotatable bonds is 7. The molecule has 0 aliphatic carbocycles. The van der Waals surface area contributed by atoms with Crippen molar-refractivity contribution in [2.24, 2.45) is 0 Å². The van der Waals surface area contributed by atoms with Gasteiger partial charge in [-0.05, 0) is 24.6 Å². The van der Waals surface area contributed by atoms with Crippen LogP contribution in [-0.2, 0) is 4.74 Å². The number of fused-ring (bicyclic) bond motifs is 1. The molecule has 0 N–H and O–H groups in total. The lowest BCUT2D eigenvalue weighted by molar-refractivity contribution is -0.402. The fraction of sp³-hybridized carbons (Fsp3) is 0.368. The summed E-state index contributed by atoms with van der Waals surface area (Å²) in [6, 6.07) is 7.95. The largest absolute Gasteiger partial charge is 0.433 e. The summed E-state index contributed by atoms with van der Waals surface area (Å²) in [5, 5.41) is 11.9. The number of amides is 1. The highest BCUT2D eigenvalue weighted by atomic mass is 35.5. The van der Waals surface area contributed by atoms with Crippen LogP contribution >= 0.6 is 22.9 Å². The van der Waals surface area contributed by atoms with Gasteiger partial charge in [0, 0.05) is 26.2 Å². The number of morpholine rings is 1. The number of nitro groups is 1. The first-order valence-electron chi connectivity index (χ1n) is 9.44. The number of carbonyl (C=O) groups excluding carboxylic acids is 1. The van der Waals surface area contributed by atoms with E-state index in [1.807, 2.05) is 12.1 Å². The van der Waals surface area contributed by atoms with Crippen molar-refractivity contribution in [3.63, 3.8) is 0 Å². The van der Waals surface area contributed by atoms with Gasteiger partial charge in [-0.15, -0.1) is 0 Å². The summed E-state index contributed by atoms with van der Waals surface area (Å²) in [4.78, 5) is 31.7. The van der Waals surface area contributed by atoms with Crippen LogP contribution in [0, 0.1) is 10.1 Å². The van der Waals surface area contributed by atoms with Gasteiger partial charge in [-0.1, -0.05) is 29.0 Å². The van der Waals surface area contributed by atoms with Crippen LogP contribution in [0.2, 0.25) is 5.02 Å². The van der Waals surface area contributed by atoms with Crippen molar-refractivity contribution >= 4 is 50.1 Å².